The highest BCUT2D eigenvalue weighted by molar-refractivity contribution is 6.26. The molecule has 4 rings (SSSR count). The SMILES string of the molecule is CCc1ccc2c3c(cccc13)-c1ccccc1C2=O. The molecule has 0 bridgehead atoms. The third kappa shape index (κ3) is 1.35. The van der Waals surface area contributed by atoms with Gasteiger partial charge >= 0.3 is 0 Å². The van der Waals surface area contributed by atoms with E-state index in [0.29, 0.717) is 0 Å². The van der Waals surface area contributed by atoms with Gasteiger partial charge in [0.2, 0.25) is 0 Å². The smallest absolute Gasteiger partial charge is 0.194 e. The van der Waals surface area contributed by atoms with Crippen molar-refractivity contribution in [2.24, 2.45) is 0 Å². The van der Waals surface area contributed by atoms with Crippen molar-refractivity contribution >= 4 is 16.6 Å². The van der Waals surface area contributed by atoms with E-state index in [9.17, 15) is 4.79 Å². The van der Waals surface area contributed by atoms with E-state index < -0.39 is 0 Å². The van der Waals surface area contributed by atoms with Crippen molar-refractivity contribution < 1.29 is 4.79 Å². The second-order valence-electron chi connectivity index (χ2n) is 5.23. The summed E-state index contributed by atoms with van der Waals surface area (Å²) in [7, 11) is 0. The molecule has 96 valence electrons. The summed E-state index contributed by atoms with van der Waals surface area (Å²) in [5.41, 5.74) is 5.20. The van der Waals surface area contributed by atoms with Crippen LogP contribution in [0.25, 0.3) is 21.9 Å². The van der Waals surface area contributed by atoms with Gasteiger partial charge in [0.15, 0.2) is 5.78 Å². The number of hydrogen-bond donors (Lipinski definition) is 0. The van der Waals surface area contributed by atoms with Gasteiger partial charge in [0.05, 0.1) is 0 Å². The van der Waals surface area contributed by atoms with Crippen LogP contribution in [0.3, 0.4) is 0 Å². The van der Waals surface area contributed by atoms with Crippen LogP contribution in [-0.4, -0.2) is 5.78 Å². The Morgan fingerprint density at radius 3 is 2.30 bits per heavy atom. The lowest BCUT2D eigenvalue weighted by Gasteiger charge is -2.20. The largest absolute Gasteiger partial charge is 0.289 e. The average Bonchev–Trinajstić information content (AvgIpc) is 2.52. The molecule has 1 aliphatic rings. The Kier molecular flexibility index (Phi) is 2.31. The monoisotopic (exact) mass is 258 g/mol. The van der Waals surface area contributed by atoms with Crippen molar-refractivity contribution in [3.8, 4) is 11.1 Å². The Balaban J connectivity index is 2.23. The molecule has 0 radical (unpaired) electrons. The van der Waals surface area contributed by atoms with Gasteiger partial charge in [0, 0.05) is 16.5 Å². The third-order valence-corrected chi connectivity index (χ3v) is 4.22. The molecular formula is C19H14O. The summed E-state index contributed by atoms with van der Waals surface area (Å²) in [4.78, 5) is 12.7. The van der Waals surface area contributed by atoms with Gasteiger partial charge in [-0.3, -0.25) is 4.79 Å². The predicted molar refractivity (Wildman–Crippen MR) is 82.2 cm³/mol. The van der Waals surface area contributed by atoms with Gasteiger partial charge in [-0.25, -0.2) is 0 Å². The van der Waals surface area contributed by atoms with Crippen LogP contribution in [0.1, 0.15) is 28.4 Å². The van der Waals surface area contributed by atoms with E-state index in [1.54, 1.807) is 0 Å². The fraction of sp³-hybridized carbons (Fsp3) is 0.105. The van der Waals surface area contributed by atoms with Crippen molar-refractivity contribution in [2.75, 3.05) is 0 Å². The molecule has 0 saturated heterocycles. The molecule has 0 unspecified atom stereocenters. The minimum Gasteiger partial charge on any atom is -0.289 e. The van der Waals surface area contributed by atoms with E-state index in [1.807, 2.05) is 30.3 Å². The number of hydrogen-bond acceptors (Lipinski definition) is 1. The van der Waals surface area contributed by atoms with Crippen molar-refractivity contribution in [1.82, 2.24) is 0 Å². The van der Waals surface area contributed by atoms with Crippen molar-refractivity contribution in [1.29, 1.82) is 0 Å². The van der Waals surface area contributed by atoms with E-state index in [2.05, 4.69) is 31.2 Å². The molecule has 0 saturated carbocycles. The molecule has 0 aliphatic heterocycles. The van der Waals surface area contributed by atoms with Crippen molar-refractivity contribution in [3.05, 3.63) is 71.3 Å². The van der Waals surface area contributed by atoms with Gasteiger partial charge in [0.25, 0.3) is 0 Å². The fourth-order valence-corrected chi connectivity index (χ4v) is 3.25. The Morgan fingerprint density at radius 2 is 1.50 bits per heavy atom. The molecule has 1 aliphatic carbocycles. The molecule has 1 nitrogen and oxygen atoms in total. The number of benzene rings is 3. The summed E-state index contributed by atoms with van der Waals surface area (Å²) in [6, 6.07) is 18.3. The van der Waals surface area contributed by atoms with E-state index in [1.165, 1.54) is 16.5 Å². The minimum atomic E-state index is 0.145. The van der Waals surface area contributed by atoms with Gasteiger partial charge in [-0.05, 0) is 28.5 Å². The second kappa shape index (κ2) is 4.04. The van der Waals surface area contributed by atoms with E-state index in [-0.39, 0.29) is 5.78 Å². The number of aryl methyl sites for hydroxylation is 1. The predicted octanol–water partition coefficient (Wildman–Crippen LogP) is 4.61. The normalized spacial score (nSPS) is 12.6. The van der Waals surface area contributed by atoms with Gasteiger partial charge in [-0.2, -0.15) is 0 Å². The summed E-state index contributed by atoms with van der Waals surface area (Å²) in [6.45, 7) is 2.16. The standard InChI is InChI=1S/C19H14O/c1-2-12-10-11-17-18-13(12)8-5-9-15(18)14-6-3-4-7-16(14)19(17)20/h3-11H,2H2,1H3. The number of carbonyl (C=O) groups excluding carboxylic acids is 1. The Hall–Kier alpha value is -2.41. The minimum absolute atomic E-state index is 0.145. The molecule has 0 atom stereocenters. The molecule has 3 aromatic rings. The lowest BCUT2D eigenvalue weighted by Crippen LogP contribution is -2.10. The zero-order chi connectivity index (χ0) is 13.7. The lowest BCUT2D eigenvalue weighted by molar-refractivity contribution is 0.104. The first-order valence-electron chi connectivity index (χ1n) is 7.00. The third-order valence-electron chi connectivity index (χ3n) is 4.22. The molecule has 1 heteroatoms. The van der Waals surface area contributed by atoms with Crippen LogP contribution in [0.5, 0.6) is 0 Å². The summed E-state index contributed by atoms with van der Waals surface area (Å²) < 4.78 is 0. The van der Waals surface area contributed by atoms with E-state index in [0.717, 1.165) is 28.5 Å². The van der Waals surface area contributed by atoms with E-state index in [4.69, 9.17) is 0 Å². The summed E-state index contributed by atoms with van der Waals surface area (Å²) >= 11 is 0. The number of carbonyl (C=O) groups is 1. The van der Waals surface area contributed by atoms with Crippen LogP contribution in [-0.2, 0) is 6.42 Å². The zero-order valence-electron chi connectivity index (χ0n) is 11.3. The Morgan fingerprint density at radius 1 is 0.750 bits per heavy atom. The number of rotatable bonds is 1. The van der Waals surface area contributed by atoms with Gasteiger partial charge in [-0.15, -0.1) is 0 Å². The van der Waals surface area contributed by atoms with Gasteiger partial charge < -0.3 is 0 Å². The first-order chi connectivity index (χ1) is 9.81. The van der Waals surface area contributed by atoms with Crippen LogP contribution in [0.4, 0.5) is 0 Å². The number of ketones is 1. The maximum Gasteiger partial charge on any atom is 0.194 e. The molecular weight excluding hydrogens is 244 g/mol. The van der Waals surface area contributed by atoms with Crippen molar-refractivity contribution in [2.45, 2.75) is 13.3 Å². The molecule has 0 N–H and O–H groups in total. The summed E-state index contributed by atoms with van der Waals surface area (Å²) in [5.74, 6) is 0.145. The molecule has 0 aromatic heterocycles. The van der Waals surface area contributed by atoms with Crippen LogP contribution in [0.2, 0.25) is 0 Å². The lowest BCUT2D eigenvalue weighted by atomic mass is 9.81. The molecule has 0 heterocycles. The van der Waals surface area contributed by atoms with Crippen LogP contribution < -0.4 is 0 Å². The first kappa shape index (κ1) is 11.4. The Labute approximate surface area is 117 Å². The fourth-order valence-electron chi connectivity index (χ4n) is 3.25. The van der Waals surface area contributed by atoms with Gasteiger partial charge in [0.1, 0.15) is 0 Å². The maximum absolute atomic E-state index is 12.7. The first-order valence-corrected chi connectivity index (χ1v) is 7.00. The van der Waals surface area contributed by atoms with Crippen LogP contribution in [0, 0.1) is 0 Å². The average molecular weight is 258 g/mol. The highest BCUT2D eigenvalue weighted by Crippen LogP contribution is 2.40. The zero-order valence-corrected chi connectivity index (χ0v) is 11.3. The summed E-state index contributed by atoms with van der Waals surface area (Å²) in [6.07, 6.45) is 0.982. The molecule has 20 heavy (non-hydrogen) atoms. The highest BCUT2D eigenvalue weighted by atomic mass is 16.1. The molecule has 0 amide bonds. The van der Waals surface area contributed by atoms with Gasteiger partial charge in [-0.1, -0.05) is 61.5 Å². The highest BCUT2D eigenvalue weighted by Gasteiger charge is 2.24. The molecule has 0 fully saturated rings. The van der Waals surface area contributed by atoms with Crippen molar-refractivity contribution in [3.63, 3.8) is 0 Å². The Bertz CT molecular complexity index is 859. The maximum atomic E-state index is 12.7. The summed E-state index contributed by atoms with van der Waals surface area (Å²) in [5, 5.41) is 2.33. The van der Waals surface area contributed by atoms with E-state index >= 15 is 0 Å². The van der Waals surface area contributed by atoms with Crippen LogP contribution >= 0.6 is 0 Å². The van der Waals surface area contributed by atoms with Crippen LogP contribution in [0.15, 0.2) is 54.6 Å². The topological polar surface area (TPSA) is 17.1 Å². The number of fused-ring (bicyclic) bond motifs is 2. The molecule has 3 aromatic carbocycles. The quantitative estimate of drug-likeness (QED) is 0.487. The second-order valence-corrected chi connectivity index (χ2v) is 5.23. The molecule has 0 spiro atoms.